The van der Waals surface area contributed by atoms with E-state index >= 15 is 0 Å². The largest absolute Gasteiger partial charge is 0.354 e. The molecule has 0 bridgehead atoms. The van der Waals surface area contributed by atoms with Crippen LogP contribution in [0.5, 0.6) is 0 Å². The van der Waals surface area contributed by atoms with Crippen molar-refractivity contribution in [1.82, 2.24) is 9.55 Å². The molecule has 2 heteroatoms. The van der Waals surface area contributed by atoms with Crippen LogP contribution < -0.4 is 0 Å². The number of hydrogen-bond acceptors (Lipinski definition) is 0. The van der Waals surface area contributed by atoms with Gasteiger partial charge in [0.05, 0.1) is 11.0 Å². The highest BCUT2D eigenvalue weighted by Gasteiger charge is 2.37. The maximum Gasteiger partial charge on any atom is 0.0548 e. The van der Waals surface area contributed by atoms with Gasteiger partial charge in [0.1, 0.15) is 0 Å². The van der Waals surface area contributed by atoms with Gasteiger partial charge >= 0.3 is 0 Å². The molecule has 0 saturated carbocycles. The van der Waals surface area contributed by atoms with Crippen LogP contribution in [-0.2, 0) is 10.8 Å². The molecule has 2 aromatic heterocycles. The molecule has 1 N–H and O–H groups in total. The lowest BCUT2D eigenvalue weighted by atomic mass is 9.63. The minimum atomic E-state index is 0.190. The molecule has 1 aliphatic carbocycles. The van der Waals surface area contributed by atoms with E-state index in [1.54, 1.807) is 0 Å². The summed E-state index contributed by atoms with van der Waals surface area (Å²) in [6.45, 7) is 9.61. The molecule has 7 aromatic rings. The van der Waals surface area contributed by atoms with Gasteiger partial charge in [-0.25, -0.2) is 0 Å². The summed E-state index contributed by atoms with van der Waals surface area (Å²) in [6.07, 6.45) is 2.46. The number of benzene rings is 5. The molecule has 0 amide bonds. The number of H-pyrrole nitrogens is 1. The van der Waals surface area contributed by atoms with Crippen LogP contribution in [0, 0.1) is 0 Å². The molecule has 196 valence electrons. The summed E-state index contributed by atoms with van der Waals surface area (Å²) in [6, 6.07) is 38.3. The van der Waals surface area contributed by atoms with E-state index in [2.05, 4.69) is 140 Å². The van der Waals surface area contributed by atoms with Gasteiger partial charge in [-0.3, -0.25) is 0 Å². The minimum Gasteiger partial charge on any atom is -0.354 e. The van der Waals surface area contributed by atoms with Crippen molar-refractivity contribution in [2.45, 2.75) is 51.4 Å². The SMILES string of the molecule is CC1(C)CCC(C)(C)c2cc(-c3cccc(-n4c5ccccc5c5c6c(ccc54)[nH]c4ccccc46)c3)ccc21. The second-order valence-electron chi connectivity index (χ2n) is 13.0. The van der Waals surface area contributed by atoms with E-state index in [9.17, 15) is 0 Å². The number of hydrogen-bond donors (Lipinski definition) is 1. The van der Waals surface area contributed by atoms with Gasteiger partial charge in [-0.05, 0) is 82.3 Å². The van der Waals surface area contributed by atoms with Crippen LogP contribution in [0.15, 0.2) is 103 Å². The molecule has 0 radical (unpaired) electrons. The highest BCUT2D eigenvalue weighted by molar-refractivity contribution is 6.28. The van der Waals surface area contributed by atoms with Gasteiger partial charge in [-0.15, -0.1) is 0 Å². The smallest absolute Gasteiger partial charge is 0.0548 e. The van der Waals surface area contributed by atoms with Crippen molar-refractivity contribution in [2.24, 2.45) is 0 Å². The Morgan fingerprint density at radius 1 is 0.550 bits per heavy atom. The van der Waals surface area contributed by atoms with E-state index < -0.39 is 0 Å². The van der Waals surface area contributed by atoms with Gasteiger partial charge in [0.2, 0.25) is 0 Å². The average Bonchev–Trinajstić information content (AvgIpc) is 3.51. The van der Waals surface area contributed by atoms with E-state index in [0.717, 1.165) is 0 Å². The highest BCUT2D eigenvalue weighted by atomic mass is 15.0. The van der Waals surface area contributed by atoms with Crippen LogP contribution in [0.2, 0.25) is 0 Å². The Kier molecular flexibility index (Phi) is 4.78. The van der Waals surface area contributed by atoms with Gasteiger partial charge in [0.25, 0.3) is 0 Å². The van der Waals surface area contributed by atoms with Crippen LogP contribution in [0.3, 0.4) is 0 Å². The van der Waals surface area contributed by atoms with Gasteiger partial charge < -0.3 is 9.55 Å². The van der Waals surface area contributed by atoms with E-state index in [1.165, 1.54) is 84.4 Å². The van der Waals surface area contributed by atoms with Crippen LogP contribution in [-0.4, -0.2) is 9.55 Å². The molecule has 0 aliphatic heterocycles. The minimum absolute atomic E-state index is 0.190. The zero-order chi connectivity index (χ0) is 27.2. The van der Waals surface area contributed by atoms with E-state index in [0.29, 0.717) is 0 Å². The zero-order valence-corrected chi connectivity index (χ0v) is 23.7. The Bertz CT molecular complexity index is 2120. The van der Waals surface area contributed by atoms with Crippen LogP contribution in [0.25, 0.3) is 60.4 Å². The van der Waals surface area contributed by atoms with Crippen molar-refractivity contribution in [3.05, 3.63) is 114 Å². The average molecular weight is 519 g/mol. The van der Waals surface area contributed by atoms with E-state index in [4.69, 9.17) is 0 Å². The van der Waals surface area contributed by atoms with Gasteiger partial charge in [0, 0.05) is 38.3 Å². The topological polar surface area (TPSA) is 20.7 Å². The van der Waals surface area contributed by atoms with E-state index in [-0.39, 0.29) is 10.8 Å². The molecule has 8 rings (SSSR count). The highest BCUT2D eigenvalue weighted by Crippen LogP contribution is 2.47. The number of nitrogens with zero attached hydrogens (tertiary/aromatic N) is 1. The Morgan fingerprint density at radius 2 is 1.27 bits per heavy atom. The van der Waals surface area contributed by atoms with Crippen LogP contribution >= 0.6 is 0 Å². The predicted molar refractivity (Wildman–Crippen MR) is 171 cm³/mol. The summed E-state index contributed by atoms with van der Waals surface area (Å²) in [4.78, 5) is 3.64. The lowest BCUT2D eigenvalue weighted by Gasteiger charge is -2.42. The van der Waals surface area contributed by atoms with E-state index in [1.807, 2.05) is 0 Å². The molecule has 1 aliphatic rings. The number of fused-ring (bicyclic) bond motifs is 8. The van der Waals surface area contributed by atoms with Crippen molar-refractivity contribution in [3.8, 4) is 16.8 Å². The summed E-state index contributed by atoms with van der Waals surface area (Å²) >= 11 is 0. The standard InChI is InChI=1S/C38H34N2/c1-37(2)20-21-38(3,4)30-23-25(16-17-29(30)37)24-10-9-11-26(22-24)40-33-15-8-6-13-28(33)36-34(40)19-18-32-35(36)27-12-5-7-14-31(27)39-32/h5-19,22-23,39H,20-21H2,1-4H3. The molecule has 40 heavy (non-hydrogen) atoms. The van der Waals surface area contributed by atoms with Crippen LogP contribution in [0.1, 0.15) is 51.7 Å². The molecule has 0 fully saturated rings. The molecule has 0 spiro atoms. The van der Waals surface area contributed by atoms with Gasteiger partial charge in [0.15, 0.2) is 0 Å². The fraction of sp³-hybridized carbons (Fsp3) is 0.211. The maximum absolute atomic E-state index is 3.64. The third-order valence-corrected chi connectivity index (χ3v) is 9.59. The summed E-state index contributed by atoms with van der Waals surface area (Å²) in [5, 5.41) is 5.18. The van der Waals surface area contributed by atoms with Gasteiger partial charge in [-0.2, -0.15) is 0 Å². The molecule has 0 unspecified atom stereocenters. The van der Waals surface area contributed by atoms with Crippen molar-refractivity contribution in [2.75, 3.05) is 0 Å². The fourth-order valence-corrected chi connectivity index (χ4v) is 7.27. The number of aromatic amines is 1. The monoisotopic (exact) mass is 518 g/mol. The quantitative estimate of drug-likeness (QED) is 0.235. The molecule has 0 atom stereocenters. The molecule has 0 saturated heterocycles. The van der Waals surface area contributed by atoms with Crippen molar-refractivity contribution in [3.63, 3.8) is 0 Å². The van der Waals surface area contributed by atoms with Crippen LogP contribution in [0.4, 0.5) is 0 Å². The molecule has 2 nitrogen and oxygen atoms in total. The Balaban J connectivity index is 1.37. The summed E-state index contributed by atoms with van der Waals surface area (Å²) < 4.78 is 2.45. The summed E-state index contributed by atoms with van der Waals surface area (Å²) in [5.41, 5.74) is 12.0. The zero-order valence-electron chi connectivity index (χ0n) is 23.7. The Hall–Kier alpha value is -4.30. The molecule has 2 heterocycles. The lowest BCUT2D eigenvalue weighted by Crippen LogP contribution is -2.33. The number of nitrogens with one attached hydrogen (secondary N) is 1. The fourth-order valence-electron chi connectivity index (χ4n) is 7.27. The first-order chi connectivity index (χ1) is 19.3. The second-order valence-corrected chi connectivity index (χ2v) is 13.0. The summed E-state index contributed by atoms with van der Waals surface area (Å²) in [7, 11) is 0. The lowest BCUT2D eigenvalue weighted by molar-refractivity contribution is 0.332. The normalized spacial score (nSPS) is 16.2. The van der Waals surface area contributed by atoms with Crippen molar-refractivity contribution >= 4 is 43.6 Å². The number of rotatable bonds is 2. The first-order valence-electron chi connectivity index (χ1n) is 14.5. The third kappa shape index (κ3) is 3.29. The third-order valence-electron chi connectivity index (χ3n) is 9.59. The van der Waals surface area contributed by atoms with Gasteiger partial charge in [-0.1, -0.05) is 94.4 Å². The number of para-hydroxylation sites is 2. The Morgan fingerprint density at radius 3 is 2.12 bits per heavy atom. The molecule has 5 aromatic carbocycles. The summed E-state index contributed by atoms with van der Waals surface area (Å²) in [5.74, 6) is 0. The number of aromatic nitrogens is 2. The molecular formula is C38H34N2. The second kappa shape index (κ2) is 8.11. The molecular weight excluding hydrogens is 484 g/mol. The van der Waals surface area contributed by atoms with Crippen molar-refractivity contribution < 1.29 is 0 Å². The Labute approximate surface area is 235 Å². The first-order valence-corrected chi connectivity index (χ1v) is 14.5. The maximum atomic E-state index is 3.64. The predicted octanol–water partition coefficient (Wildman–Crippen LogP) is 10.4. The first kappa shape index (κ1) is 23.6. The van der Waals surface area contributed by atoms with Crippen molar-refractivity contribution in [1.29, 1.82) is 0 Å².